The van der Waals surface area contributed by atoms with Gasteiger partial charge >= 0.3 is 6.09 Å². The zero-order chi connectivity index (χ0) is 19.4. The molecule has 3 amide bonds. The number of piperidine rings is 2. The maximum atomic E-state index is 13.0. The van der Waals surface area contributed by atoms with Crippen LogP contribution in [0.15, 0.2) is 30.3 Å². The molecule has 3 N–H and O–H groups in total. The van der Waals surface area contributed by atoms with Crippen molar-refractivity contribution in [2.24, 2.45) is 11.8 Å². The van der Waals surface area contributed by atoms with Crippen LogP contribution in [0.25, 0.3) is 0 Å². The van der Waals surface area contributed by atoms with E-state index in [1.807, 2.05) is 18.2 Å². The summed E-state index contributed by atoms with van der Waals surface area (Å²) in [4.78, 5) is 39.1. The molecule has 2 heterocycles. The van der Waals surface area contributed by atoms with Crippen LogP contribution < -0.4 is 5.48 Å². The first-order chi connectivity index (χ1) is 13.0. The standard InChI is InChI=1S/C19H25N3O5/c23-17(20-27)16-12-22(19(25)26)11-8-15(16)18(24)21-9-6-14(7-10-21)13-4-2-1-3-5-13/h1-5,14-16,27H,6-12H2,(H,20,23)(H,25,26)/t15-,16-/m0/s1. The summed E-state index contributed by atoms with van der Waals surface area (Å²) in [6.07, 6.45) is 0.878. The smallest absolute Gasteiger partial charge is 0.407 e. The van der Waals surface area contributed by atoms with Crippen molar-refractivity contribution in [2.45, 2.75) is 25.2 Å². The summed E-state index contributed by atoms with van der Waals surface area (Å²) in [5.41, 5.74) is 2.86. The maximum absolute atomic E-state index is 13.0. The molecule has 2 fully saturated rings. The second kappa shape index (κ2) is 8.39. The molecule has 2 aliphatic rings. The van der Waals surface area contributed by atoms with Crippen molar-refractivity contribution in [3.8, 4) is 0 Å². The fourth-order valence-electron chi connectivity index (χ4n) is 4.16. The van der Waals surface area contributed by atoms with E-state index in [9.17, 15) is 14.4 Å². The van der Waals surface area contributed by atoms with Crippen LogP contribution in [0.4, 0.5) is 4.79 Å². The minimum Gasteiger partial charge on any atom is -0.465 e. The zero-order valence-corrected chi connectivity index (χ0v) is 15.1. The molecule has 2 saturated heterocycles. The van der Waals surface area contributed by atoms with Gasteiger partial charge in [-0.25, -0.2) is 10.3 Å². The summed E-state index contributed by atoms with van der Waals surface area (Å²) >= 11 is 0. The number of rotatable bonds is 3. The Hall–Kier alpha value is -2.61. The number of amides is 3. The lowest BCUT2D eigenvalue weighted by molar-refractivity contribution is -0.148. The third kappa shape index (κ3) is 4.21. The minimum atomic E-state index is -1.12. The molecule has 0 radical (unpaired) electrons. The van der Waals surface area contributed by atoms with Crippen LogP contribution in [0.5, 0.6) is 0 Å². The van der Waals surface area contributed by atoms with Gasteiger partial charge in [-0.2, -0.15) is 0 Å². The third-order valence-corrected chi connectivity index (χ3v) is 5.73. The highest BCUT2D eigenvalue weighted by molar-refractivity contribution is 5.88. The van der Waals surface area contributed by atoms with Crippen LogP contribution in [-0.2, 0) is 9.59 Å². The van der Waals surface area contributed by atoms with Gasteiger partial charge in [0.25, 0.3) is 0 Å². The van der Waals surface area contributed by atoms with Crippen molar-refractivity contribution in [1.29, 1.82) is 0 Å². The highest BCUT2D eigenvalue weighted by Gasteiger charge is 2.42. The number of nitrogens with one attached hydrogen (secondary N) is 1. The SMILES string of the molecule is O=C(NO)[C@H]1CN(C(=O)O)CC[C@@H]1C(=O)N1CCC(c2ccccc2)CC1. The highest BCUT2D eigenvalue weighted by Crippen LogP contribution is 2.31. The fraction of sp³-hybridized carbons (Fsp3) is 0.526. The van der Waals surface area contributed by atoms with E-state index < -0.39 is 23.8 Å². The molecule has 8 heteroatoms. The monoisotopic (exact) mass is 375 g/mol. The Balaban J connectivity index is 1.64. The zero-order valence-electron chi connectivity index (χ0n) is 15.1. The number of hydroxylamine groups is 1. The van der Waals surface area contributed by atoms with E-state index in [-0.39, 0.29) is 25.4 Å². The van der Waals surface area contributed by atoms with E-state index in [0.717, 1.165) is 17.7 Å². The number of carbonyl (C=O) groups is 3. The topological polar surface area (TPSA) is 110 Å². The normalized spacial score (nSPS) is 23.7. The van der Waals surface area contributed by atoms with E-state index in [4.69, 9.17) is 10.3 Å². The van der Waals surface area contributed by atoms with Gasteiger partial charge in [-0.15, -0.1) is 0 Å². The van der Waals surface area contributed by atoms with Crippen LogP contribution in [0, 0.1) is 11.8 Å². The summed E-state index contributed by atoms with van der Waals surface area (Å²) in [7, 11) is 0. The van der Waals surface area contributed by atoms with Crippen LogP contribution >= 0.6 is 0 Å². The Morgan fingerprint density at radius 1 is 0.926 bits per heavy atom. The third-order valence-electron chi connectivity index (χ3n) is 5.73. The Labute approximate surface area is 157 Å². The first-order valence-electron chi connectivity index (χ1n) is 9.26. The summed E-state index contributed by atoms with van der Waals surface area (Å²) in [5.74, 6) is -1.90. The Morgan fingerprint density at radius 3 is 2.15 bits per heavy atom. The molecule has 1 aromatic rings. The highest BCUT2D eigenvalue weighted by atomic mass is 16.5. The lowest BCUT2D eigenvalue weighted by Crippen LogP contribution is -2.54. The molecule has 3 rings (SSSR count). The van der Waals surface area contributed by atoms with Gasteiger partial charge in [0.05, 0.1) is 11.8 Å². The molecule has 0 aromatic heterocycles. The number of benzene rings is 1. The number of likely N-dealkylation sites (tertiary alicyclic amines) is 2. The number of nitrogens with zero attached hydrogens (tertiary/aromatic N) is 2. The first-order valence-corrected chi connectivity index (χ1v) is 9.26. The molecule has 8 nitrogen and oxygen atoms in total. The van der Waals surface area contributed by atoms with Gasteiger partial charge in [-0.3, -0.25) is 14.8 Å². The average molecular weight is 375 g/mol. The van der Waals surface area contributed by atoms with Gasteiger partial charge < -0.3 is 14.9 Å². The van der Waals surface area contributed by atoms with Crippen LogP contribution in [-0.4, -0.2) is 64.2 Å². The van der Waals surface area contributed by atoms with Crippen LogP contribution in [0.2, 0.25) is 0 Å². The quantitative estimate of drug-likeness (QED) is 0.548. The van der Waals surface area contributed by atoms with E-state index >= 15 is 0 Å². The van der Waals surface area contributed by atoms with E-state index in [1.54, 1.807) is 10.4 Å². The molecule has 0 saturated carbocycles. The van der Waals surface area contributed by atoms with Gasteiger partial charge in [0, 0.05) is 26.2 Å². The Kier molecular flexibility index (Phi) is 5.95. The average Bonchev–Trinajstić information content (AvgIpc) is 2.73. The predicted molar refractivity (Wildman–Crippen MR) is 96.1 cm³/mol. The van der Waals surface area contributed by atoms with Crippen LogP contribution in [0.1, 0.15) is 30.7 Å². The van der Waals surface area contributed by atoms with E-state index in [2.05, 4.69) is 12.1 Å². The van der Waals surface area contributed by atoms with Gasteiger partial charge in [0.15, 0.2) is 0 Å². The molecule has 0 aliphatic carbocycles. The lowest BCUT2D eigenvalue weighted by Gasteiger charge is -2.39. The molecule has 0 unspecified atom stereocenters. The molecule has 27 heavy (non-hydrogen) atoms. The van der Waals surface area contributed by atoms with Crippen molar-refractivity contribution in [3.63, 3.8) is 0 Å². The predicted octanol–water partition coefficient (Wildman–Crippen LogP) is 1.51. The van der Waals surface area contributed by atoms with Crippen molar-refractivity contribution in [2.75, 3.05) is 26.2 Å². The molecular formula is C19H25N3O5. The Morgan fingerprint density at radius 2 is 1.56 bits per heavy atom. The summed E-state index contributed by atoms with van der Waals surface area (Å²) in [6.45, 7) is 1.36. The fourth-order valence-corrected chi connectivity index (χ4v) is 4.16. The number of hydrogen-bond donors (Lipinski definition) is 3. The maximum Gasteiger partial charge on any atom is 0.407 e. The lowest BCUT2D eigenvalue weighted by atomic mass is 9.82. The van der Waals surface area contributed by atoms with Gasteiger partial charge in [0.2, 0.25) is 11.8 Å². The summed E-state index contributed by atoms with van der Waals surface area (Å²) in [6, 6.07) is 10.2. The number of hydrogen-bond acceptors (Lipinski definition) is 4. The summed E-state index contributed by atoms with van der Waals surface area (Å²) < 4.78 is 0. The molecule has 1 aromatic carbocycles. The van der Waals surface area contributed by atoms with Gasteiger partial charge in [0.1, 0.15) is 0 Å². The summed E-state index contributed by atoms with van der Waals surface area (Å²) in [5, 5.41) is 18.2. The van der Waals surface area contributed by atoms with Crippen molar-refractivity contribution in [3.05, 3.63) is 35.9 Å². The van der Waals surface area contributed by atoms with Crippen molar-refractivity contribution < 1.29 is 24.7 Å². The van der Waals surface area contributed by atoms with Gasteiger partial charge in [-0.1, -0.05) is 30.3 Å². The van der Waals surface area contributed by atoms with E-state index in [1.165, 1.54) is 5.56 Å². The number of carbonyl (C=O) groups excluding carboxylic acids is 2. The van der Waals surface area contributed by atoms with Gasteiger partial charge in [-0.05, 0) is 30.7 Å². The van der Waals surface area contributed by atoms with Crippen molar-refractivity contribution >= 4 is 17.9 Å². The molecule has 0 spiro atoms. The second-order valence-electron chi connectivity index (χ2n) is 7.22. The molecule has 0 bridgehead atoms. The van der Waals surface area contributed by atoms with Crippen LogP contribution in [0.3, 0.4) is 0 Å². The second-order valence-corrected chi connectivity index (χ2v) is 7.22. The van der Waals surface area contributed by atoms with E-state index in [0.29, 0.717) is 19.0 Å². The number of carboxylic acid groups (broad SMARTS) is 1. The Bertz CT molecular complexity index is 688. The molecule has 2 atom stereocenters. The largest absolute Gasteiger partial charge is 0.465 e. The minimum absolute atomic E-state index is 0.0847. The first kappa shape index (κ1) is 19.2. The molecule has 2 aliphatic heterocycles. The molecule has 146 valence electrons. The molecular weight excluding hydrogens is 350 g/mol. The van der Waals surface area contributed by atoms with Crippen molar-refractivity contribution in [1.82, 2.24) is 15.3 Å².